The number of halogens is 3. The summed E-state index contributed by atoms with van der Waals surface area (Å²) >= 11 is 0. The molecule has 3 aliphatic rings. The second-order valence-electron chi connectivity index (χ2n) is 22.4. The molecule has 12 rings (SSSR count). The summed E-state index contributed by atoms with van der Waals surface area (Å²) < 4.78 is 75.1. The first kappa shape index (κ1) is 68.9. The number of hydrogen-bond donors (Lipinski definition) is 6. The molecule has 3 saturated heterocycles. The molecule has 0 bridgehead atoms. The number of anilines is 3. The second-order valence-corrected chi connectivity index (χ2v) is 22.4. The zero-order valence-electron chi connectivity index (χ0n) is 53.3. The lowest BCUT2D eigenvalue weighted by Crippen LogP contribution is -2.36. The highest BCUT2D eigenvalue weighted by Gasteiger charge is 2.25. The van der Waals surface area contributed by atoms with Gasteiger partial charge in [0.15, 0.2) is 0 Å². The zero-order chi connectivity index (χ0) is 67.5. The number of rotatable bonds is 21. The van der Waals surface area contributed by atoms with Crippen LogP contribution < -0.4 is 44.9 Å². The van der Waals surface area contributed by atoms with Crippen molar-refractivity contribution in [2.45, 2.75) is 39.1 Å². The molecule has 504 valence electrons. The van der Waals surface area contributed by atoms with Crippen LogP contribution in [0.5, 0.6) is 17.2 Å². The van der Waals surface area contributed by atoms with Gasteiger partial charge in [-0.25, -0.2) is 28.1 Å². The van der Waals surface area contributed by atoms with Crippen LogP contribution in [0.4, 0.5) is 30.6 Å². The van der Waals surface area contributed by atoms with Gasteiger partial charge in [0.2, 0.25) is 0 Å². The largest absolute Gasteiger partial charge is 0.486 e. The maximum atomic E-state index is 13.6. The number of fused-ring (bicyclic) bond motifs is 3. The zero-order valence-corrected chi connectivity index (χ0v) is 53.3. The van der Waals surface area contributed by atoms with Crippen molar-refractivity contribution in [3.8, 4) is 17.2 Å². The van der Waals surface area contributed by atoms with E-state index in [4.69, 9.17) is 58.7 Å². The van der Waals surface area contributed by atoms with Crippen molar-refractivity contribution in [2.24, 2.45) is 0 Å². The van der Waals surface area contributed by atoms with Crippen molar-refractivity contribution in [1.82, 2.24) is 45.9 Å². The number of morpholine rings is 3. The van der Waals surface area contributed by atoms with Gasteiger partial charge in [-0.3, -0.25) is 29.3 Å². The number of nitrogens with one attached hydrogen (secondary N) is 3. The number of aromatic nitrogens is 6. The fourth-order valence-corrected chi connectivity index (χ4v) is 10.8. The Hall–Kier alpha value is -9.90. The quantitative estimate of drug-likeness (QED) is 0.0408. The van der Waals surface area contributed by atoms with Gasteiger partial charge in [-0.2, -0.15) is 0 Å². The number of ether oxygens (including phenoxy) is 6. The van der Waals surface area contributed by atoms with Crippen LogP contribution >= 0.6 is 0 Å². The minimum atomic E-state index is -0.529. The van der Waals surface area contributed by atoms with Crippen LogP contribution in [0.3, 0.4) is 0 Å². The van der Waals surface area contributed by atoms with Gasteiger partial charge in [0.1, 0.15) is 70.5 Å². The van der Waals surface area contributed by atoms with E-state index >= 15 is 0 Å². The Kier molecular flexibility index (Phi) is 24.0. The van der Waals surface area contributed by atoms with Crippen molar-refractivity contribution in [2.75, 3.05) is 133 Å². The summed E-state index contributed by atoms with van der Waals surface area (Å²) in [4.78, 5) is 72.1. The fraction of sp³-hybridized carbons (Fsp3) is 0.348. The highest BCUT2D eigenvalue weighted by molar-refractivity contribution is 6.00. The van der Waals surface area contributed by atoms with Crippen molar-refractivity contribution < 1.29 is 71.3 Å². The van der Waals surface area contributed by atoms with Crippen LogP contribution in [0, 0.1) is 17.5 Å². The van der Waals surface area contributed by atoms with Crippen LogP contribution in [0.1, 0.15) is 86.8 Å². The van der Waals surface area contributed by atoms with Gasteiger partial charge >= 0.3 is 0 Å². The highest BCUT2D eigenvalue weighted by Crippen LogP contribution is 2.34. The molecule has 6 heterocycles. The third-order valence-electron chi connectivity index (χ3n) is 15.6. The predicted molar refractivity (Wildman–Crippen MR) is 352 cm³/mol. The van der Waals surface area contributed by atoms with Gasteiger partial charge in [0.05, 0.1) is 111 Å². The molecule has 0 radical (unpaired) electrons. The van der Waals surface area contributed by atoms with Crippen LogP contribution in [0.15, 0.2) is 128 Å². The monoisotopic (exact) mass is 1320 g/mol. The first-order chi connectivity index (χ1) is 46.6. The Balaban J connectivity index is 0.000000157. The van der Waals surface area contributed by atoms with Crippen LogP contribution in [-0.2, 0) is 14.2 Å². The SMILES string of the molecule is CC(Oc1cccc(F)c1)c1cc(C(=O)NCCO)cc2ncc(N3CCOCC3)nc12.CC(Oc1cccc(F)c1)c1cc(C(=O)NCCO)cc2ncc(N3CCOCC3)nc12.CC(Oc1cccc(F)c1)c1cc(C(=O)NCCO)cc2ncc(N3CCOCC3)nc12. The molecule has 6 N–H and O–H groups in total. The Morgan fingerprint density at radius 1 is 0.438 bits per heavy atom. The van der Waals surface area contributed by atoms with Crippen molar-refractivity contribution in [3.05, 3.63) is 179 Å². The average Bonchev–Trinajstić information content (AvgIpc) is 0.797. The molecule has 3 atom stereocenters. The molecule has 3 aliphatic heterocycles. The molecule has 3 fully saturated rings. The van der Waals surface area contributed by atoms with Gasteiger partial charge in [-0.1, -0.05) is 18.2 Å². The van der Waals surface area contributed by atoms with E-state index in [9.17, 15) is 27.6 Å². The van der Waals surface area contributed by atoms with Crippen molar-refractivity contribution in [1.29, 1.82) is 0 Å². The summed E-state index contributed by atoms with van der Waals surface area (Å²) in [5, 5.41) is 35.0. The Bertz CT molecular complexity index is 3730. The molecule has 0 spiro atoms. The molecule has 96 heavy (non-hydrogen) atoms. The summed E-state index contributed by atoms with van der Waals surface area (Å²) in [5.41, 5.74) is 6.56. The van der Waals surface area contributed by atoms with E-state index in [1.807, 2.05) is 20.8 Å². The average molecular weight is 1320 g/mol. The van der Waals surface area contributed by atoms with E-state index in [0.29, 0.717) is 163 Å². The standard InChI is InChI=1S/3C23H25FN4O4/c3*1-15(32-18-4-2-3-17(24)13-18)19-11-16(23(30)25-5-8-29)12-20-22(19)27-21(14-26-20)28-6-9-31-10-7-28/h3*2-4,11-15,29H,5-10H2,1H3,(H,25,30). The number of aliphatic hydroxyl groups excluding tert-OH is 3. The molecular formula is C69H75F3N12O12. The van der Waals surface area contributed by atoms with Crippen LogP contribution in [-0.4, -0.2) is 181 Å². The molecule has 24 nitrogen and oxygen atoms in total. The number of nitrogens with zero attached hydrogens (tertiary/aromatic N) is 9. The van der Waals surface area contributed by atoms with Gasteiger partial charge in [0.25, 0.3) is 17.7 Å². The predicted octanol–water partition coefficient (Wildman–Crippen LogP) is 7.40. The molecule has 0 saturated carbocycles. The Morgan fingerprint density at radius 3 is 0.958 bits per heavy atom. The number of amides is 3. The van der Waals surface area contributed by atoms with Crippen molar-refractivity contribution in [3.63, 3.8) is 0 Å². The third-order valence-corrected chi connectivity index (χ3v) is 15.6. The first-order valence-corrected chi connectivity index (χ1v) is 31.5. The topological polar surface area (TPSA) is 290 Å². The third kappa shape index (κ3) is 18.1. The summed E-state index contributed by atoms with van der Waals surface area (Å²) in [7, 11) is 0. The summed E-state index contributed by atoms with van der Waals surface area (Å²) in [5.74, 6) is 1.09. The number of aliphatic hydroxyl groups is 3. The Morgan fingerprint density at radius 2 is 0.708 bits per heavy atom. The maximum absolute atomic E-state index is 13.6. The van der Waals surface area contributed by atoms with Gasteiger partial charge < -0.3 is 74.4 Å². The lowest BCUT2D eigenvalue weighted by Gasteiger charge is -2.28. The van der Waals surface area contributed by atoms with Gasteiger partial charge in [-0.15, -0.1) is 0 Å². The lowest BCUT2D eigenvalue weighted by molar-refractivity contribution is 0.0937. The van der Waals surface area contributed by atoms with E-state index in [2.05, 4.69) is 45.6 Å². The smallest absolute Gasteiger partial charge is 0.251 e. The van der Waals surface area contributed by atoms with Crippen molar-refractivity contribution >= 4 is 68.3 Å². The number of hydrogen-bond acceptors (Lipinski definition) is 21. The Labute approximate surface area is 551 Å². The lowest BCUT2D eigenvalue weighted by atomic mass is 10.0. The second kappa shape index (κ2) is 33.5. The molecule has 27 heteroatoms. The first-order valence-electron chi connectivity index (χ1n) is 31.5. The van der Waals surface area contributed by atoms with E-state index in [1.54, 1.807) is 91.4 Å². The number of carbonyl (C=O) groups is 3. The van der Waals surface area contributed by atoms with E-state index in [0.717, 1.165) is 17.5 Å². The molecule has 6 aromatic carbocycles. The minimum absolute atomic E-state index is 0.142. The van der Waals surface area contributed by atoms with E-state index in [1.165, 1.54) is 36.4 Å². The maximum Gasteiger partial charge on any atom is 0.251 e. The van der Waals surface area contributed by atoms with Crippen LogP contribution in [0.2, 0.25) is 0 Å². The number of benzene rings is 6. The number of carbonyl (C=O) groups excluding carboxylic acids is 3. The molecule has 3 amide bonds. The highest BCUT2D eigenvalue weighted by atomic mass is 19.1. The molecule has 9 aromatic rings. The summed E-state index contributed by atoms with van der Waals surface area (Å²) in [6.45, 7) is 13.4. The molecule has 3 unspecified atom stereocenters. The van der Waals surface area contributed by atoms with Gasteiger partial charge in [-0.05, 0) is 93.6 Å². The van der Waals surface area contributed by atoms with E-state index in [-0.39, 0.29) is 57.2 Å². The van der Waals surface area contributed by atoms with Crippen LogP contribution in [0.25, 0.3) is 33.1 Å². The summed E-state index contributed by atoms with van der Waals surface area (Å²) in [6, 6.07) is 27.8. The summed E-state index contributed by atoms with van der Waals surface area (Å²) in [6.07, 6.45) is 3.47. The normalized spacial score (nSPS) is 14.9. The van der Waals surface area contributed by atoms with Gasteiger partial charge in [0, 0.05) is 110 Å². The van der Waals surface area contributed by atoms with E-state index < -0.39 is 35.8 Å². The minimum Gasteiger partial charge on any atom is -0.486 e. The molecule has 0 aliphatic carbocycles. The fourth-order valence-electron chi connectivity index (χ4n) is 10.8. The molecule has 3 aromatic heterocycles. The molecular weight excluding hydrogens is 1250 g/mol.